The lowest BCUT2D eigenvalue weighted by atomic mass is 10.00. The third kappa shape index (κ3) is 3.14. The van der Waals surface area contributed by atoms with Gasteiger partial charge in [0.05, 0.1) is 11.1 Å². The first kappa shape index (κ1) is 14.2. The van der Waals surface area contributed by atoms with Crippen LogP contribution in [0.4, 0.5) is 0 Å². The van der Waals surface area contributed by atoms with Crippen molar-refractivity contribution in [3.8, 4) is 11.5 Å². The Morgan fingerprint density at radius 2 is 1.71 bits per heavy atom. The van der Waals surface area contributed by atoms with E-state index in [4.69, 9.17) is 21.1 Å². The maximum absolute atomic E-state index is 10.4. The number of aliphatic hydroxyl groups excluding tert-OH is 1. The van der Waals surface area contributed by atoms with Gasteiger partial charge in [-0.2, -0.15) is 0 Å². The van der Waals surface area contributed by atoms with Gasteiger partial charge in [-0.1, -0.05) is 41.4 Å². The summed E-state index contributed by atoms with van der Waals surface area (Å²) in [6.07, 6.45) is -0.157. The molecule has 0 amide bonds. The maximum atomic E-state index is 10.4. The normalized spacial score (nSPS) is 14.8. The van der Waals surface area contributed by atoms with Gasteiger partial charge in [-0.05, 0) is 18.6 Å². The Morgan fingerprint density at radius 3 is 2.38 bits per heavy atom. The van der Waals surface area contributed by atoms with Crippen molar-refractivity contribution in [2.45, 2.75) is 19.4 Å². The lowest BCUT2D eigenvalue weighted by Crippen LogP contribution is -2.16. The number of ether oxygens (including phenoxy) is 2. The van der Waals surface area contributed by atoms with E-state index in [1.165, 1.54) is 5.56 Å². The van der Waals surface area contributed by atoms with Crippen LogP contribution in [0.3, 0.4) is 0 Å². The molecule has 1 aliphatic rings. The number of benzene rings is 2. The molecule has 110 valence electrons. The molecule has 1 atom stereocenters. The summed E-state index contributed by atoms with van der Waals surface area (Å²) in [5.74, 6) is 1.28. The van der Waals surface area contributed by atoms with Gasteiger partial charge in [-0.25, -0.2) is 0 Å². The first-order chi connectivity index (χ1) is 10.1. The number of fused-ring (bicyclic) bond motifs is 1. The number of aryl methyl sites for hydroxylation is 1. The third-order valence-corrected chi connectivity index (χ3v) is 3.90. The number of halogens is 1. The highest BCUT2D eigenvalue weighted by Crippen LogP contribution is 2.38. The van der Waals surface area contributed by atoms with Crippen LogP contribution < -0.4 is 9.47 Å². The third-order valence-electron chi connectivity index (χ3n) is 3.57. The van der Waals surface area contributed by atoms with E-state index in [-0.39, 0.29) is 0 Å². The summed E-state index contributed by atoms with van der Waals surface area (Å²) in [5, 5.41) is 10.9. The van der Waals surface area contributed by atoms with Crippen LogP contribution in [0.1, 0.15) is 22.8 Å². The number of hydrogen-bond donors (Lipinski definition) is 1. The molecular formula is C17H17ClO3. The van der Waals surface area contributed by atoms with Gasteiger partial charge in [-0.15, -0.1) is 0 Å². The van der Waals surface area contributed by atoms with Gasteiger partial charge in [0.1, 0.15) is 13.2 Å². The molecule has 21 heavy (non-hydrogen) atoms. The van der Waals surface area contributed by atoms with Gasteiger partial charge >= 0.3 is 0 Å². The van der Waals surface area contributed by atoms with Gasteiger partial charge in [0, 0.05) is 18.1 Å². The van der Waals surface area contributed by atoms with Crippen LogP contribution in [0.25, 0.3) is 0 Å². The van der Waals surface area contributed by atoms with Crippen molar-refractivity contribution in [3.63, 3.8) is 0 Å². The fourth-order valence-electron chi connectivity index (χ4n) is 2.39. The first-order valence-electron chi connectivity index (χ1n) is 6.96. The molecule has 1 heterocycles. The molecule has 0 aromatic heterocycles. The minimum Gasteiger partial charge on any atom is -0.486 e. The van der Waals surface area contributed by atoms with E-state index >= 15 is 0 Å². The van der Waals surface area contributed by atoms with Crippen LogP contribution in [0.2, 0.25) is 5.02 Å². The van der Waals surface area contributed by atoms with Crippen LogP contribution in [0.15, 0.2) is 36.4 Å². The molecule has 1 N–H and O–H groups in total. The van der Waals surface area contributed by atoms with E-state index in [0.717, 1.165) is 5.56 Å². The molecule has 0 spiro atoms. The maximum Gasteiger partial charge on any atom is 0.162 e. The van der Waals surface area contributed by atoms with Crippen molar-refractivity contribution < 1.29 is 14.6 Å². The molecule has 2 aromatic rings. The second kappa shape index (κ2) is 5.96. The molecule has 3 nitrogen and oxygen atoms in total. The van der Waals surface area contributed by atoms with Gasteiger partial charge in [0.15, 0.2) is 11.5 Å². The van der Waals surface area contributed by atoms with Gasteiger partial charge in [-0.3, -0.25) is 0 Å². The summed E-state index contributed by atoms with van der Waals surface area (Å²) < 4.78 is 11.0. The van der Waals surface area contributed by atoms with E-state index < -0.39 is 6.10 Å². The molecule has 3 rings (SSSR count). The highest BCUT2D eigenvalue weighted by Gasteiger charge is 2.19. The predicted octanol–water partition coefficient (Wildman–Crippen LogP) is 3.70. The van der Waals surface area contributed by atoms with Gasteiger partial charge in [0.2, 0.25) is 0 Å². The fraction of sp³-hybridized carbons (Fsp3) is 0.294. The Balaban J connectivity index is 1.83. The fourth-order valence-corrected chi connectivity index (χ4v) is 2.67. The second-order valence-electron chi connectivity index (χ2n) is 5.22. The van der Waals surface area contributed by atoms with E-state index in [1.54, 1.807) is 12.1 Å². The highest BCUT2D eigenvalue weighted by molar-refractivity contribution is 6.31. The van der Waals surface area contributed by atoms with Crippen molar-refractivity contribution in [3.05, 3.63) is 58.1 Å². The van der Waals surface area contributed by atoms with Crippen LogP contribution >= 0.6 is 11.6 Å². The minimum absolute atomic E-state index is 0.499. The molecule has 0 saturated heterocycles. The molecule has 1 unspecified atom stereocenters. The molecule has 0 aliphatic carbocycles. The SMILES string of the molecule is Cc1ccc(CC(O)c2cc3c(cc2Cl)OCCO3)cc1. The molecule has 0 bridgehead atoms. The summed E-state index contributed by atoms with van der Waals surface area (Å²) in [7, 11) is 0. The highest BCUT2D eigenvalue weighted by atomic mass is 35.5. The predicted molar refractivity (Wildman–Crippen MR) is 82.3 cm³/mol. The van der Waals surface area contributed by atoms with Crippen molar-refractivity contribution in [1.82, 2.24) is 0 Å². The van der Waals surface area contributed by atoms with E-state index in [0.29, 0.717) is 41.7 Å². The van der Waals surface area contributed by atoms with Crippen molar-refractivity contribution in [1.29, 1.82) is 0 Å². The van der Waals surface area contributed by atoms with E-state index in [2.05, 4.69) is 0 Å². The van der Waals surface area contributed by atoms with Crippen molar-refractivity contribution >= 4 is 11.6 Å². The summed E-state index contributed by atoms with van der Waals surface area (Å²) >= 11 is 6.25. The minimum atomic E-state index is -0.670. The monoisotopic (exact) mass is 304 g/mol. The lowest BCUT2D eigenvalue weighted by molar-refractivity contribution is 0.164. The Morgan fingerprint density at radius 1 is 1.10 bits per heavy atom. The molecule has 1 aliphatic heterocycles. The van der Waals surface area contributed by atoms with E-state index in [9.17, 15) is 5.11 Å². The summed E-state index contributed by atoms with van der Waals surface area (Å²) in [6, 6.07) is 11.6. The second-order valence-corrected chi connectivity index (χ2v) is 5.63. The summed E-state index contributed by atoms with van der Waals surface area (Å²) in [4.78, 5) is 0. The number of aliphatic hydroxyl groups is 1. The van der Waals surface area contributed by atoms with Crippen molar-refractivity contribution in [2.24, 2.45) is 0 Å². The van der Waals surface area contributed by atoms with Crippen molar-refractivity contribution in [2.75, 3.05) is 13.2 Å². The zero-order chi connectivity index (χ0) is 14.8. The quantitative estimate of drug-likeness (QED) is 0.940. The van der Waals surface area contributed by atoms with Crippen LogP contribution in [-0.2, 0) is 6.42 Å². The average Bonchev–Trinajstić information content (AvgIpc) is 2.49. The standard InChI is InChI=1S/C17H17ClO3/c1-11-2-4-12(5-3-11)8-15(19)13-9-16-17(10-14(13)18)21-7-6-20-16/h2-5,9-10,15,19H,6-8H2,1H3. The Labute approximate surface area is 129 Å². The Kier molecular flexibility index (Phi) is 4.04. The van der Waals surface area contributed by atoms with Crippen LogP contribution in [0, 0.1) is 6.92 Å². The van der Waals surface area contributed by atoms with Crippen LogP contribution in [0.5, 0.6) is 11.5 Å². The van der Waals surface area contributed by atoms with E-state index in [1.807, 2.05) is 31.2 Å². The Bertz CT molecular complexity index is 637. The number of rotatable bonds is 3. The largest absolute Gasteiger partial charge is 0.486 e. The molecule has 0 fully saturated rings. The zero-order valence-corrected chi connectivity index (χ0v) is 12.6. The Hall–Kier alpha value is -1.71. The smallest absolute Gasteiger partial charge is 0.162 e. The lowest BCUT2D eigenvalue weighted by Gasteiger charge is -2.21. The zero-order valence-electron chi connectivity index (χ0n) is 11.8. The molecule has 0 radical (unpaired) electrons. The first-order valence-corrected chi connectivity index (χ1v) is 7.34. The topological polar surface area (TPSA) is 38.7 Å². The molecule has 4 heteroatoms. The molecular weight excluding hydrogens is 288 g/mol. The van der Waals surface area contributed by atoms with Gasteiger partial charge < -0.3 is 14.6 Å². The number of hydrogen-bond acceptors (Lipinski definition) is 3. The summed E-state index contributed by atoms with van der Waals surface area (Å²) in [5.41, 5.74) is 2.94. The average molecular weight is 305 g/mol. The molecule has 0 saturated carbocycles. The van der Waals surface area contributed by atoms with Crippen LogP contribution in [-0.4, -0.2) is 18.3 Å². The molecule has 2 aromatic carbocycles. The summed E-state index contributed by atoms with van der Waals surface area (Å²) in [6.45, 7) is 3.08. The van der Waals surface area contributed by atoms with Gasteiger partial charge in [0.25, 0.3) is 0 Å².